The van der Waals surface area contributed by atoms with Crippen LogP contribution in [0.15, 0.2) is 18.2 Å². The van der Waals surface area contributed by atoms with Gasteiger partial charge in [0.2, 0.25) is 0 Å². The van der Waals surface area contributed by atoms with Gasteiger partial charge < -0.3 is 10.6 Å². The third kappa shape index (κ3) is 1.69. The maximum absolute atomic E-state index is 5.82. The average Bonchev–Trinajstić information content (AvgIpc) is 2.39. The Kier molecular flexibility index (Phi) is 2.62. The zero-order valence-corrected chi connectivity index (χ0v) is 8.79. The number of nitrogens with zero attached hydrogens (tertiary/aromatic N) is 1. The van der Waals surface area contributed by atoms with E-state index in [1.54, 1.807) is 0 Å². The number of nitrogen functional groups attached to an aromatic ring is 1. The van der Waals surface area contributed by atoms with Gasteiger partial charge in [-0.1, -0.05) is 6.07 Å². The normalized spacial score (nSPS) is 16.2. The number of nitrogens with two attached hydrogens (primary N) is 1. The third-order valence-corrected chi connectivity index (χ3v) is 2.96. The van der Waals surface area contributed by atoms with E-state index in [1.165, 1.54) is 37.1 Å². The van der Waals surface area contributed by atoms with E-state index in [0.717, 1.165) is 12.2 Å². The number of rotatable bonds is 1. The van der Waals surface area contributed by atoms with Crippen molar-refractivity contribution in [1.29, 1.82) is 0 Å². The van der Waals surface area contributed by atoms with Crippen LogP contribution in [0.2, 0.25) is 0 Å². The molecule has 1 heterocycles. The summed E-state index contributed by atoms with van der Waals surface area (Å²) < 4.78 is 0. The predicted octanol–water partition coefficient (Wildman–Crippen LogP) is 2.43. The SMILES string of the molecule is CCN1CCCCc2ccc(N)cc21. The van der Waals surface area contributed by atoms with Gasteiger partial charge in [0.15, 0.2) is 0 Å². The first kappa shape index (κ1) is 9.38. The Labute approximate surface area is 85.7 Å². The Bertz CT molecular complexity index is 320. The fraction of sp³-hybridized carbons (Fsp3) is 0.500. The molecule has 0 amide bonds. The fourth-order valence-electron chi connectivity index (χ4n) is 2.15. The maximum Gasteiger partial charge on any atom is 0.0419 e. The molecule has 1 aromatic rings. The lowest BCUT2D eigenvalue weighted by Gasteiger charge is -2.23. The Morgan fingerprint density at radius 3 is 3.00 bits per heavy atom. The molecule has 1 aromatic carbocycles. The van der Waals surface area contributed by atoms with E-state index in [1.807, 2.05) is 6.07 Å². The summed E-state index contributed by atoms with van der Waals surface area (Å²) in [5.74, 6) is 0. The van der Waals surface area contributed by atoms with E-state index in [-0.39, 0.29) is 0 Å². The highest BCUT2D eigenvalue weighted by atomic mass is 15.1. The second kappa shape index (κ2) is 3.91. The minimum atomic E-state index is 0.879. The third-order valence-electron chi connectivity index (χ3n) is 2.96. The number of aryl methyl sites for hydroxylation is 1. The van der Waals surface area contributed by atoms with Crippen molar-refractivity contribution in [1.82, 2.24) is 0 Å². The molecular formula is C12H18N2. The van der Waals surface area contributed by atoms with Crippen LogP contribution in [0.5, 0.6) is 0 Å². The molecule has 0 fully saturated rings. The molecule has 1 aliphatic heterocycles. The zero-order valence-electron chi connectivity index (χ0n) is 8.79. The van der Waals surface area contributed by atoms with Gasteiger partial charge in [-0.25, -0.2) is 0 Å². The topological polar surface area (TPSA) is 29.3 Å². The summed E-state index contributed by atoms with van der Waals surface area (Å²) in [5.41, 5.74) is 9.51. The van der Waals surface area contributed by atoms with Crippen LogP contribution in [0.25, 0.3) is 0 Å². The quantitative estimate of drug-likeness (QED) is 0.689. The van der Waals surface area contributed by atoms with Gasteiger partial charge in [0, 0.05) is 24.5 Å². The smallest absolute Gasteiger partial charge is 0.0419 e. The summed E-state index contributed by atoms with van der Waals surface area (Å²) in [7, 11) is 0. The molecule has 0 saturated heterocycles. The second-order valence-electron chi connectivity index (χ2n) is 3.92. The fourth-order valence-corrected chi connectivity index (χ4v) is 2.15. The van der Waals surface area contributed by atoms with Crippen molar-refractivity contribution >= 4 is 11.4 Å². The van der Waals surface area contributed by atoms with Crippen molar-refractivity contribution in [3.8, 4) is 0 Å². The molecule has 2 nitrogen and oxygen atoms in total. The van der Waals surface area contributed by atoms with E-state index >= 15 is 0 Å². The summed E-state index contributed by atoms with van der Waals surface area (Å²) in [6, 6.07) is 6.31. The highest BCUT2D eigenvalue weighted by Crippen LogP contribution is 2.27. The number of fused-ring (bicyclic) bond motifs is 1. The Morgan fingerprint density at radius 1 is 1.36 bits per heavy atom. The van der Waals surface area contributed by atoms with Gasteiger partial charge in [-0.2, -0.15) is 0 Å². The van der Waals surface area contributed by atoms with Crippen molar-refractivity contribution in [3.63, 3.8) is 0 Å². The van der Waals surface area contributed by atoms with Crippen LogP contribution in [0, 0.1) is 0 Å². The van der Waals surface area contributed by atoms with Gasteiger partial charge in [0.1, 0.15) is 0 Å². The van der Waals surface area contributed by atoms with Crippen LogP contribution < -0.4 is 10.6 Å². The van der Waals surface area contributed by atoms with Gasteiger partial charge in [-0.15, -0.1) is 0 Å². The van der Waals surface area contributed by atoms with Crippen molar-refractivity contribution < 1.29 is 0 Å². The molecule has 2 N–H and O–H groups in total. The van der Waals surface area contributed by atoms with Crippen LogP contribution in [0.3, 0.4) is 0 Å². The molecule has 0 atom stereocenters. The van der Waals surface area contributed by atoms with Crippen molar-refractivity contribution in [2.45, 2.75) is 26.2 Å². The van der Waals surface area contributed by atoms with E-state index < -0.39 is 0 Å². The average molecular weight is 190 g/mol. The first-order valence-electron chi connectivity index (χ1n) is 5.44. The van der Waals surface area contributed by atoms with Crippen molar-refractivity contribution in [3.05, 3.63) is 23.8 Å². The summed E-state index contributed by atoms with van der Waals surface area (Å²) in [6.45, 7) is 4.46. The molecule has 14 heavy (non-hydrogen) atoms. The van der Waals surface area contributed by atoms with E-state index in [0.29, 0.717) is 0 Å². The summed E-state index contributed by atoms with van der Waals surface area (Å²) in [6.07, 6.45) is 3.79. The highest BCUT2D eigenvalue weighted by Gasteiger charge is 2.13. The number of hydrogen-bond acceptors (Lipinski definition) is 2. The van der Waals surface area contributed by atoms with Gasteiger partial charge in [-0.3, -0.25) is 0 Å². The van der Waals surface area contributed by atoms with Crippen molar-refractivity contribution in [2.75, 3.05) is 23.7 Å². The molecule has 0 aliphatic carbocycles. The van der Waals surface area contributed by atoms with Crippen LogP contribution in [0.4, 0.5) is 11.4 Å². The molecule has 0 spiro atoms. The second-order valence-corrected chi connectivity index (χ2v) is 3.92. The van der Waals surface area contributed by atoms with E-state index in [2.05, 4.69) is 24.0 Å². The van der Waals surface area contributed by atoms with Gasteiger partial charge in [-0.05, 0) is 43.9 Å². The Hall–Kier alpha value is -1.18. The summed E-state index contributed by atoms with van der Waals surface area (Å²) in [4.78, 5) is 2.43. The molecule has 2 heteroatoms. The molecule has 0 radical (unpaired) electrons. The molecule has 1 aliphatic rings. The molecule has 0 aromatic heterocycles. The highest BCUT2D eigenvalue weighted by molar-refractivity contribution is 5.61. The number of anilines is 2. The monoisotopic (exact) mass is 190 g/mol. The van der Waals surface area contributed by atoms with Crippen LogP contribution in [0.1, 0.15) is 25.3 Å². The molecule has 0 saturated carbocycles. The first-order valence-corrected chi connectivity index (χ1v) is 5.44. The van der Waals surface area contributed by atoms with Gasteiger partial charge in [0.25, 0.3) is 0 Å². The summed E-state index contributed by atoms with van der Waals surface area (Å²) in [5, 5.41) is 0. The van der Waals surface area contributed by atoms with Crippen molar-refractivity contribution in [2.24, 2.45) is 0 Å². The number of benzene rings is 1. The van der Waals surface area contributed by atoms with Gasteiger partial charge in [0.05, 0.1) is 0 Å². The van der Waals surface area contributed by atoms with Gasteiger partial charge >= 0.3 is 0 Å². The lowest BCUT2D eigenvalue weighted by atomic mass is 10.1. The minimum Gasteiger partial charge on any atom is -0.399 e. The predicted molar refractivity (Wildman–Crippen MR) is 61.7 cm³/mol. The maximum atomic E-state index is 5.82. The Balaban J connectivity index is 2.40. The lowest BCUT2D eigenvalue weighted by Crippen LogP contribution is -2.23. The van der Waals surface area contributed by atoms with Crippen LogP contribution in [-0.2, 0) is 6.42 Å². The molecule has 0 bridgehead atoms. The minimum absolute atomic E-state index is 0.879. The van der Waals surface area contributed by atoms with E-state index in [4.69, 9.17) is 5.73 Å². The molecule has 76 valence electrons. The standard InChI is InChI=1S/C12H18N2/c1-2-14-8-4-3-5-10-6-7-11(13)9-12(10)14/h6-7,9H,2-5,8,13H2,1H3. The summed E-state index contributed by atoms with van der Waals surface area (Å²) >= 11 is 0. The largest absolute Gasteiger partial charge is 0.399 e. The number of hydrogen-bond donors (Lipinski definition) is 1. The first-order chi connectivity index (χ1) is 6.81. The Morgan fingerprint density at radius 2 is 2.21 bits per heavy atom. The van der Waals surface area contributed by atoms with Crippen LogP contribution in [-0.4, -0.2) is 13.1 Å². The molecular weight excluding hydrogens is 172 g/mol. The van der Waals surface area contributed by atoms with Crippen LogP contribution >= 0.6 is 0 Å². The molecule has 0 unspecified atom stereocenters. The lowest BCUT2D eigenvalue weighted by molar-refractivity contribution is 0.727. The molecule has 2 rings (SSSR count). The zero-order chi connectivity index (χ0) is 9.97. The van der Waals surface area contributed by atoms with E-state index in [9.17, 15) is 0 Å².